The van der Waals surface area contributed by atoms with Crippen LogP contribution in [0.2, 0.25) is 5.02 Å². The van der Waals surface area contributed by atoms with Crippen LogP contribution in [0.15, 0.2) is 12.3 Å². The third-order valence-corrected chi connectivity index (χ3v) is 5.00. The summed E-state index contributed by atoms with van der Waals surface area (Å²) in [6.45, 7) is 4.69. The first kappa shape index (κ1) is 18.4. The van der Waals surface area contributed by atoms with Crippen molar-refractivity contribution in [3.05, 3.63) is 22.8 Å². The third-order valence-electron chi connectivity index (χ3n) is 4.72. The molecule has 0 aromatic carbocycles. The lowest BCUT2D eigenvalue weighted by Crippen LogP contribution is -2.47. The molecule has 0 saturated carbocycles. The molecular formula is C18H27ClN4O2. The van der Waals surface area contributed by atoms with Gasteiger partial charge in [-0.15, -0.1) is 0 Å². The molecule has 25 heavy (non-hydrogen) atoms. The minimum Gasteiger partial charge on any atom is -0.373 e. The number of likely N-dealkylation sites (tertiary alicyclic amines) is 1. The number of nitrogens with zero attached hydrogens (tertiary/aromatic N) is 4. The molecule has 2 aliphatic heterocycles. The van der Waals surface area contributed by atoms with Crippen LogP contribution < -0.4 is 4.90 Å². The molecule has 2 aliphatic rings. The van der Waals surface area contributed by atoms with E-state index in [-0.39, 0.29) is 12.0 Å². The summed E-state index contributed by atoms with van der Waals surface area (Å²) in [4.78, 5) is 23.3. The Morgan fingerprint density at radius 1 is 1.32 bits per heavy atom. The van der Waals surface area contributed by atoms with E-state index in [4.69, 9.17) is 16.3 Å². The summed E-state index contributed by atoms with van der Waals surface area (Å²) in [6.07, 6.45) is 5.15. The van der Waals surface area contributed by atoms with Gasteiger partial charge in [-0.05, 0) is 39.4 Å². The van der Waals surface area contributed by atoms with E-state index < -0.39 is 0 Å². The number of halogens is 1. The van der Waals surface area contributed by atoms with Crippen molar-refractivity contribution in [1.82, 2.24) is 14.8 Å². The lowest BCUT2D eigenvalue weighted by Gasteiger charge is -2.35. The van der Waals surface area contributed by atoms with Gasteiger partial charge in [-0.3, -0.25) is 4.79 Å². The van der Waals surface area contributed by atoms with Gasteiger partial charge in [0.15, 0.2) is 0 Å². The Hall–Kier alpha value is -1.37. The number of hydrogen-bond acceptors (Lipinski definition) is 5. The highest BCUT2D eigenvalue weighted by molar-refractivity contribution is 6.33. The Labute approximate surface area is 154 Å². The van der Waals surface area contributed by atoms with E-state index in [0.717, 1.165) is 51.4 Å². The lowest BCUT2D eigenvalue weighted by molar-refractivity contribution is 0.0245. The van der Waals surface area contributed by atoms with Crippen LogP contribution in [0.5, 0.6) is 0 Å². The van der Waals surface area contributed by atoms with Crippen molar-refractivity contribution >= 4 is 23.3 Å². The van der Waals surface area contributed by atoms with E-state index in [0.29, 0.717) is 17.2 Å². The monoisotopic (exact) mass is 366 g/mol. The predicted molar refractivity (Wildman–Crippen MR) is 99.5 cm³/mol. The Morgan fingerprint density at radius 2 is 2.08 bits per heavy atom. The third kappa shape index (κ3) is 4.63. The number of amides is 1. The molecule has 2 fully saturated rings. The van der Waals surface area contributed by atoms with Gasteiger partial charge in [0.05, 0.1) is 23.3 Å². The van der Waals surface area contributed by atoms with Crippen molar-refractivity contribution in [2.75, 3.05) is 58.3 Å². The summed E-state index contributed by atoms with van der Waals surface area (Å²) in [6, 6.07) is 1.76. The molecule has 3 rings (SSSR count). The van der Waals surface area contributed by atoms with Gasteiger partial charge >= 0.3 is 0 Å². The van der Waals surface area contributed by atoms with Crippen molar-refractivity contribution in [2.24, 2.45) is 0 Å². The summed E-state index contributed by atoms with van der Waals surface area (Å²) in [7, 11) is 4.07. The second kappa shape index (κ2) is 8.34. The smallest absolute Gasteiger partial charge is 0.255 e. The SMILES string of the molecule is CN(C)CC1CN(c2ncc(C(=O)N3CCCCC3)cc2Cl)CCO1. The van der Waals surface area contributed by atoms with E-state index in [1.807, 2.05) is 19.0 Å². The molecule has 0 spiro atoms. The summed E-state index contributed by atoms with van der Waals surface area (Å²) in [5, 5.41) is 0.536. The number of aromatic nitrogens is 1. The van der Waals surface area contributed by atoms with Crippen molar-refractivity contribution in [3.63, 3.8) is 0 Å². The highest BCUT2D eigenvalue weighted by atomic mass is 35.5. The predicted octanol–water partition coefficient (Wildman–Crippen LogP) is 2.13. The molecule has 0 radical (unpaired) electrons. The second-order valence-corrected chi connectivity index (χ2v) is 7.49. The van der Waals surface area contributed by atoms with E-state index in [2.05, 4.69) is 14.8 Å². The number of carbonyl (C=O) groups is 1. The number of hydrogen-bond donors (Lipinski definition) is 0. The highest BCUT2D eigenvalue weighted by Crippen LogP contribution is 2.26. The largest absolute Gasteiger partial charge is 0.373 e. The Bertz CT molecular complexity index is 605. The molecular weight excluding hydrogens is 340 g/mol. The Morgan fingerprint density at radius 3 is 2.76 bits per heavy atom. The van der Waals surface area contributed by atoms with Gasteiger partial charge in [-0.25, -0.2) is 4.98 Å². The van der Waals surface area contributed by atoms with Crippen molar-refractivity contribution in [2.45, 2.75) is 25.4 Å². The maximum Gasteiger partial charge on any atom is 0.255 e. The van der Waals surface area contributed by atoms with E-state index in [9.17, 15) is 4.79 Å². The van der Waals surface area contributed by atoms with Crippen LogP contribution >= 0.6 is 11.6 Å². The normalized spacial score (nSPS) is 21.7. The van der Waals surface area contributed by atoms with Crippen LogP contribution in [0.1, 0.15) is 29.6 Å². The van der Waals surface area contributed by atoms with Crippen LogP contribution in [-0.2, 0) is 4.74 Å². The van der Waals surface area contributed by atoms with Crippen LogP contribution in [0.3, 0.4) is 0 Å². The highest BCUT2D eigenvalue weighted by Gasteiger charge is 2.25. The summed E-state index contributed by atoms with van der Waals surface area (Å²) in [5.41, 5.74) is 0.578. The average molecular weight is 367 g/mol. The fraction of sp³-hybridized carbons (Fsp3) is 0.667. The van der Waals surface area contributed by atoms with E-state index in [1.165, 1.54) is 6.42 Å². The molecule has 1 aromatic heterocycles. The van der Waals surface area contributed by atoms with E-state index in [1.54, 1.807) is 12.3 Å². The molecule has 1 unspecified atom stereocenters. The van der Waals surface area contributed by atoms with Crippen LogP contribution in [0.4, 0.5) is 5.82 Å². The fourth-order valence-electron chi connectivity index (χ4n) is 3.49. The molecule has 1 aromatic rings. The van der Waals surface area contributed by atoms with Gasteiger partial charge in [-0.1, -0.05) is 11.6 Å². The molecule has 138 valence electrons. The van der Waals surface area contributed by atoms with Gasteiger partial charge in [0.1, 0.15) is 5.82 Å². The van der Waals surface area contributed by atoms with E-state index >= 15 is 0 Å². The summed E-state index contributed by atoms with van der Waals surface area (Å²) >= 11 is 6.47. The topological polar surface area (TPSA) is 48.9 Å². The lowest BCUT2D eigenvalue weighted by atomic mass is 10.1. The molecule has 2 saturated heterocycles. The number of morpholine rings is 1. The van der Waals surface area contributed by atoms with Crippen LogP contribution in [0, 0.1) is 0 Å². The average Bonchev–Trinajstić information content (AvgIpc) is 2.61. The second-order valence-electron chi connectivity index (χ2n) is 7.08. The summed E-state index contributed by atoms with van der Waals surface area (Å²) in [5.74, 6) is 0.775. The maximum absolute atomic E-state index is 12.6. The molecule has 0 aliphatic carbocycles. The number of rotatable bonds is 4. The minimum atomic E-state index is 0.0353. The molecule has 6 nitrogen and oxygen atoms in total. The van der Waals surface area contributed by atoms with Crippen molar-refractivity contribution in [1.29, 1.82) is 0 Å². The minimum absolute atomic E-state index is 0.0353. The van der Waals surface area contributed by atoms with Gasteiger partial charge in [0.25, 0.3) is 5.91 Å². The molecule has 0 N–H and O–H groups in total. The maximum atomic E-state index is 12.6. The molecule has 7 heteroatoms. The zero-order valence-corrected chi connectivity index (χ0v) is 15.8. The zero-order valence-electron chi connectivity index (χ0n) is 15.1. The van der Waals surface area contributed by atoms with Gasteiger partial charge in [0, 0.05) is 38.9 Å². The quantitative estimate of drug-likeness (QED) is 0.817. The number of ether oxygens (including phenoxy) is 1. The number of piperidine rings is 1. The molecule has 1 amide bonds. The standard InChI is InChI=1S/C18H27ClN4O2/c1-21(2)12-15-13-23(8-9-25-15)17-16(19)10-14(11-20-17)18(24)22-6-4-3-5-7-22/h10-11,15H,3-9,12-13H2,1-2H3. The van der Waals surface area contributed by atoms with Gasteiger partial charge in [-0.2, -0.15) is 0 Å². The van der Waals surface area contributed by atoms with Gasteiger partial charge < -0.3 is 19.4 Å². The van der Waals surface area contributed by atoms with Gasteiger partial charge in [0.2, 0.25) is 0 Å². The van der Waals surface area contributed by atoms with Crippen LogP contribution in [-0.4, -0.2) is 80.2 Å². The summed E-state index contributed by atoms with van der Waals surface area (Å²) < 4.78 is 5.81. The first-order valence-corrected chi connectivity index (χ1v) is 9.38. The number of anilines is 1. The number of pyridine rings is 1. The molecule has 3 heterocycles. The van der Waals surface area contributed by atoms with Crippen molar-refractivity contribution < 1.29 is 9.53 Å². The molecule has 0 bridgehead atoms. The zero-order chi connectivity index (χ0) is 17.8. The number of likely N-dealkylation sites (N-methyl/N-ethyl adjacent to an activating group) is 1. The van der Waals surface area contributed by atoms with Crippen molar-refractivity contribution in [3.8, 4) is 0 Å². The van der Waals surface area contributed by atoms with Crippen LogP contribution in [0.25, 0.3) is 0 Å². The Balaban J connectivity index is 1.70. The molecule has 1 atom stereocenters. The Kier molecular flexibility index (Phi) is 6.15. The first-order valence-electron chi connectivity index (χ1n) is 9.00. The number of carbonyl (C=O) groups excluding carboxylic acids is 1. The fourth-order valence-corrected chi connectivity index (χ4v) is 3.78. The first-order chi connectivity index (χ1) is 12.0.